The Balaban J connectivity index is 1.99. The predicted octanol–water partition coefficient (Wildman–Crippen LogP) is 2.27. The summed E-state index contributed by atoms with van der Waals surface area (Å²) >= 11 is 0. The van der Waals surface area contributed by atoms with E-state index in [0.717, 1.165) is 12.8 Å². The van der Waals surface area contributed by atoms with Gasteiger partial charge in [0.15, 0.2) is 0 Å². The number of carbonyl (C=O) groups excluding carboxylic acids is 1. The smallest absolute Gasteiger partial charge is 0.317 e. The number of likely N-dealkylation sites (N-methyl/N-ethyl adjacent to an activating group) is 1. The third kappa shape index (κ3) is 6.19. The number of rotatable bonds is 5. The molecular weight excluding hydrogens is 442 g/mol. The fourth-order valence-electron chi connectivity index (χ4n) is 3.64. The van der Waals surface area contributed by atoms with Crippen molar-refractivity contribution in [1.29, 1.82) is 0 Å². The summed E-state index contributed by atoms with van der Waals surface area (Å²) in [5.74, 6) is 6.71. The van der Waals surface area contributed by atoms with E-state index in [1.807, 2.05) is 20.8 Å². The highest BCUT2D eigenvalue weighted by molar-refractivity contribution is 7.89. The Labute approximate surface area is 197 Å². The van der Waals surface area contributed by atoms with Gasteiger partial charge >= 0.3 is 6.03 Å². The van der Waals surface area contributed by atoms with Crippen LogP contribution in [0.4, 0.5) is 4.79 Å². The van der Waals surface area contributed by atoms with E-state index < -0.39 is 22.2 Å². The molecule has 2 aliphatic rings. The topological polar surface area (TPSA) is 99.2 Å². The summed E-state index contributed by atoms with van der Waals surface area (Å²) in [7, 11) is -2.21. The quantitative estimate of drug-likeness (QED) is 0.634. The van der Waals surface area contributed by atoms with E-state index in [9.17, 15) is 18.3 Å². The van der Waals surface area contributed by atoms with Gasteiger partial charge < -0.3 is 20.1 Å². The Kier molecular flexibility index (Phi) is 7.93. The van der Waals surface area contributed by atoms with Crippen LogP contribution >= 0.6 is 0 Å². The van der Waals surface area contributed by atoms with Gasteiger partial charge in [0.05, 0.1) is 13.2 Å². The molecule has 33 heavy (non-hydrogen) atoms. The number of sulfonamides is 1. The number of aliphatic hydroxyl groups is 1. The van der Waals surface area contributed by atoms with Crippen LogP contribution in [0.1, 0.15) is 46.1 Å². The summed E-state index contributed by atoms with van der Waals surface area (Å²) in [6.07, 6.45) is 1.74. The van der Waals surface area contributed by atoms with Crippen LogP contribution in [0.15, 0.2) is 23.1 Å². The number of fused-ring (bicyclic) bond motifs is 1. The Morgan fingerprint density at radius 1 is 1.33 bits per heavy atom. The summed E-state index contributed by atoms with van der Waals surface area (Å²) in [4.78, 5) is 14.1. The molecule has 0 saturated heterocycles. The zero-order chi connectivity index (χ0) is 24.3. The third-order valence-corrected chi connectivity index (χ3v) is 7.90. The largest absolute Gasteiger partial charge is 0.487 e. The number of aliphatic hydroxyl groups excluding tert-OH is 1. The highest BCUT2D eigenvalue weighted by atomic mass is 32.2. The molecule has 0 unspecified atom stereocenters. The molecule has 1 aliphatic heterocycles. The molecule has 1 fully saturated rings. The van der Waals surface area contributed by atoms with Crippen molar-refractivity contribution < 1.29 is 23.1 Å². The first-order valence-electron chi connectivity index (χ1n) is 11.5. The van der Waals surface area contributed by atoms with Crippen molar-refractivity contribution in [1.82, 2.24) is 14.5 Å². The van der Waals surface area contributed by atoms with E-state index in [0.29, 0.717) is 11.5 Å². The fourth-order valence-corrected chi connectivity index (χ4v) is 5.47. The maximum Gasteiger partial charge on any atom is 0.317 e. The summed E-state index contributed by atoms with van der Waals surface area (Å²) in [5.41, 5.74) is 0.690. The second kappa shape index (κ2) is 10.3. The van der Waals surface area contributed by atoms with Gasteiger partial charge in [-0.1, -0.05) is 18.8 Å². The zero-order valence-corrected chi connectivity index (χ0v) is 20.9. The summed E-state index contributed by atoms with van der Waals surface area (Å²) in [5, 5.41) is 12.6. The normalized spacial score (nSPS) is 23.2. The van der Waals surface area contributed by atoms with Gasteiger partial charge in [0.1, 0.15) is 16.7 Å². The van der Waals surface area contributed by atoms with E-state index in [-0.39, 0.29) is 48.3 Å². The lowest BCUT2D eigenvalue weighted by Gasteiger charge is -2.37. The van der Waals surface area contributed by atoms with E-state index in [1.165, 1.54) is 10.4 Å². The van der Waals surface area contributed by atoms with Crippen LogP contribution in [0.2, 0.25) is 0 Å². The summed E-state index contributed by atoms with van der Waals surface area (Å²) in [6, 6.07) is 4.07. The standard InChI is InChI=1S/C24H35N3O5S/c1-16(2)25-24(29)26(5)14-22-17(3)13-27(18(4)15-28)33(30,31)23-11-10-20(12-21(23)32-22)9-8-19-6-7-19/h10-12,16-19,22,28H,6-7,13-15H2,1-5H3,(H,25,29)/t17-,18+,22+/m1/s1. The number of urea groups is 1. The lowest BCUT2D eigenvalue weighted by molar-refractivity contribution is 0.0809. The molecular formula is C24H35N3O5S. The molecule has 1 heterocycles. The molecule has 1 aromatic rings. The fraction of sp³-hybridized carbons (Fsp3) is 0.625. The first-order valence-corrected chi connectivity index (χ1v) is 12.9. The maximum atomic E-state index is 13.5. The molecule has 2 N–H and O–H groups in total. The number of hydrogen-bond acceptors (Lipinski definition) is 5. The van der Waals surface area contributed by atoms with Crippen molar-refractivity contribution in [3.8, 4) is 17.6 Å². The van der Waals surface area contributed by atoms with E-state index >= 15 is 0 Å². The molecule has 8 nitrogen and oxygen atoms in total. The Hall–Kier alpha value is -2.28. The molecule has 182 valence electrons. The van der Waals surface area contributed by atoms with Crippen LogP contribution < -0.4 is 10.1 Å². The average molecular weight is 478 g/mol. The Morgan fingerprint density at radius 2 is 2.03 bits per heavy atom. The van der Waals surface area contributed by atoms with Gasteiger partial charge in [-0.05, 0) is 51.8 Å². The summed E-state index contributed by atoms with van der Waals surface area (Å²) in [6.45, 7) is 7.50. The van der Waals surface area contributed by atoms with Gasteiger partial charge in [0.25, 0.3) is 0 Å². The molecule has 9 heteroatoms. The van der Waals surface area contributed by atoms with Gasteiger partial charge in [-0.2, -0.15) is 4.31 Å². The number of nitrogens with zero attached hydrogens (tertiary/aromatic N) is 2. The lowest BCUT2D eigenvalue weighted by atomic mass is 10.0. The van der Waals surface area contributed by atoms with Crippen molar-refractivity contribution in [3.63, 3.8) is 0 Å². The molecule has 0 bridgehead atoms. The molecule has 0 spiro atoms. The van der Waals surface area contributed by atoms with Crippen molar-refractivity contribution in [2.45, 2.75) is 63.6 Å². The van der Waals surface area contributed by atoms with Gasteiger partial charge in [0, 0.05) is 43.1 Å². The highest BCUT2D eigenvalue weighted by Crippen LogP contribution is 2.34. The monoisotopic (exact) mass is 477 g/mol. The molecule has 0 aromatic heterocycles. The number of nitrogens with one attached hydrogen (secondary N) is 1. The van der Waals surface area contributed by atoms with Gasteiger partial charge in [0.2, 0.25) is 10.0 Å². The maximum absolute atomic E-state index is 13.5. The SMILES string of the molecule is CC(C)NC(=O)N(C)C[C@@H]1Oc2cc(C#CC3CC3)ccc2S(=O)(=O)N([C@@H](C)CO)C[C@H]1C. The number of ether oxygens (including phenoxy) is 1. The van der Waals surface area contributed by atoms with Gasteiger partial charge in [-0.3, -0.25) is 0 Å². The molecule has 3 atom stereocenters. The zero-order valence-electron chi connectivity index (χ0n) is 20.0. The minimum atomic E-state index is -3.90. The van der Waals surface area contributed by atoms with Crippen molar-refractivity contribution in [2.24, 2.45) is 11.8 Å². The number of hydrogen-bond donors (Lipinski definition) is 2. The third-order valence-electron chi connectivity index (χ3n) is 5.88. The van der Waals surface area contributed by atoms with Crippen LogP contribution in [0.5, 0.6) is 5.75 Å². The van der Waals surface area contributed by atoms with E-state index in [2.05, 4.69) is 17.2 Å². The number of carbonyl (C=O) groups is 1. The lowest BCUT2D eigenvalue weighted by Crippen LogP contribution is -2.51. The van der Waals surface area contributed by atoms with Crippen LogP contribution in [0.3, 0.4) is 0 Å². The number of amides is 2. The first-order chi connectivity index (χ1) is 15.5. The molecule has 1 saturated carbocycles. The van der Waals surface area contributed by atoms with Crippen LogP contribution in [-0.4, -0.2) is 73.7 Å². The van der Waals surface area contributed by atoms with E-state index in [4.69, 9.17) is 4.74 Å². The first kappa shape index (κ1) is 25.3. The average Bonchev–Trinajstić information content (AvgIpc) is 3.58. The molecule has 0 radical (unpaired) electrons. The van der Waals surface area contributed by atoms with Gasteiger partial charge in [-0.25, -0.2) is 13.2 Å². The van der Waals surface area contributed by atoms with Gasteiger partial charge in [-0.15, -0.1) is 0 Å². The second-order valence-electron chi connectivity index (χ2n) is 9.43. The minimum absolute atomic E-state index is 0.00464. The van der Waals surface area contributed by atoms with Crippen molar-refractivity contribution >= 4 is 16.1 Å². The highest BCUT2D eigenvalue weighted by Gasteiger charge is 2.38. The van der Waals surface area contributed by atoms with Crippen LogP contribution in [0, 0.1) is 23.7 Å². The Bertz CT molecular complexity index is 1030. The number of benzene rings is 1. The summed E-state index contributed by atoms with van der Waals surface area (Å²) < 4.78 is 34.6. The van der Waals surface area contributed by atoms with Crippen LogP contribution in [0.25, 0.3) is 0 Å². The Morgan fingerprint density at radius 3 is 2.64 bits per heavy atom. The van der Waals surface area contributed by atoms with E-state index in [1.54, 1.807) is 31.0 Å². The second-order valence-corrected chi connectivity index (χ2v) is 11.3. The van der Waals surface area contributed by atoms with Crippen LogP contribution in [-0.2, 0) is 10.0 Å². The molecule has 1 aromatic carbocycles. The molecule has 3 rings (SSSR count). The molecule has 2 amide bonds. The minimum Gasteiger partial charge on any atom is -0.487 e. The van der Waals surface area contributed by atoms with Crippen molar-refractivity contribution in [3.05, 3.63) is 23.8 Å². The van der Waals surface area contributed by atoms with Crippen molar-refractivity contribution in [2.75, 3.05) is 26.7 Å². The molecule has 1 aliphatic carbocycles. The predicted molar refractivity (Wildman–Crippen MR) is 126 cm³/mol.